The van der Waals surface area contributed by atoms with E-state index in [1.165, 1.54) is 41.3 Å². The summed E-state index contributed by atoms with van der Waals surface area (Å²) in [4.78, 5) is 79.4. The highest BCUT2D eigenvalue weighted by atomic mass is 19.4. The molecule has 0 aromatic heterocycles. The van der Waals surface area contributed by atoms with Crippen molar-refractivity contribution in [3.63, 3.8) is 0 Å². The fraction of sp³-hybridized carbons (Fsp3) is 0.440. The largest absolute Gasteiger partial charge is 0.513 e. The zero-order chi connectivity index (χ0) is 34.0. The summed E-state index contributed by atoms with van der Waals surface area (Å²) in [6, 6.07) is 4.98. The van der Waals surface area contributed by atoms with Gasteiger partial charge in [-0.05, 0) is 12.1 Å². The number of nitro groups is 1. The zero-order valence-electron chi connectivity index (χ0n) is 23.9. The molecule has 0 spiro atoms. The Balaban J connectivity index is 0.000000933. The molecule has 1 heterocycles. The van der Waals surface area contributed by atoms with Crippen molar-refractivity contribution in [3.05, 3.63) is 46.5 Å². The number of alkyl halides is 3. The summed E-state index contributed by atoms with van der Waals surface area (Å²) in [7, 11) is 1.67. The Hall–Kier alpha value is -5.07. The fourth-order valence-corrected chi connectivity index (χ4v) is 2.86. The number of hydrogen-bond donors (Lipinski definition) is 2. The smallest absolute Gasteiger partial charge is 0.475 e. The first-order valence-electron chi connectivity index (χ1n) is 12.6. The number of imide groups is 1. The molecule has 1 aromatic carbocycles. The number of amides is 4. The van der Waals surface area contributed by atoms with Crippen LogP contribution in [0, 0.1) is 10.1 Å². The number of hydrogen-bond acceptors (Lipinski definition) is 11. The van der Waals surface area contributed by atoms with E-state index in [0.29, 0.717) is 25.9 Å². The van der Waals surface area contributed by atoms with Gasteiger partial charge in [-0.15, -0.1) is 0 Å². The molecule has 0 aliphatic carbocycles. The number of nitrogens with zero attached hydrogens (tertiary/aromatic N) is 4. The summed E-state index contributed by atoms with van der Waals surface area (Å²) in [5.41, 5.74) is 4.93. The Morgan fingerprint density at radius 1 is 0.977 bits per heavy atom. The van der Waals surface area contributed by atoms with Crippen LogP contribution in [0.5, 0.6) is 5.75 Å². The number of nitro benzene ring substituents is 1. The van der Waals surface area contributed by atoms with Gasteiger partial charge in [0, 0.05) is 57.3 Å². The summed E-state index contributed by atoms with van der Waals surface area (Å²) >= 11 is 0. The summed E-state index contributed by atoms with van der Waals surface area (Å²) < 4.78 is 41.6. The number of non-ortho nitro benzene ring substituents is 1. The number of carboxylic acid groups (broad SMARTS) is 1. The van der Waals surface area contributed by atoms with Crippen molar-refractivity contribution in [2.24, 2.45) is 5.73 Å². The van der Waals surface area contributed by atoms with Crippen molar-refractivity contribution in [2.45, 2.75) is 32.9 Å². The number of rotatable bonds is 11. The van der Waals surface area contributed by atoms with Crippen LogP contribution in [0.15, 0.2) is 36.4 Å². The number of benzene rings is 1. The fourth-order valence-electron chi connectivity index (χ4n) is 2.86. The summed E-state index contributed by atoms with van der Waals surface area (Å²) in [5.74, 6) is -3.45. The van der Waals surface area contributed by atoms with Gasteiger partial charge in [-0.3, -0.25) is 34.2 Å². The van der Waals surface area contributed by atoms with Gasteiger partial charge in [0.1, 0.15) is 12.4 Å². The van der Waals surface area contributed by atoms with Crippen molar-refractivity contribution in [3.8, 4) is 5.75 Å². The van der Waals surface area contributed by atoms with Crippen LogP contribution in [-0.2, 0) is 28.7 Å². The first kappa shape index (κ1) is 38.9. The lowest BCUT2D eigenvalue weighted by atomic mass is 10.3. The van der Waals surface area contributed by atoms with Crippen LogP contribution >= 0.6 is 0 Å². The standard InChI is InChI=1S/C18H25N3O7.C5H6N2O2.C2HF3O2/c1-4-16(22)19(3)10-11-20(17(23)5-2)12-13-27-18(24)28-15-8-6-14(7-9-15)21(25)26;6-3-7-4(8)1-2-5(7)9;3-2(4,5)1(6)7/h6-9H,4-5,10-13H2,1-3H3;1-2H,3,6H2;(H,6,7). The van der Waals surface area contributed by atoms with Crippen LogP contribution in [0.4, 0.5) is 23.7 Å². The van der Waals surface area contributed by atoms with Crippen LogP contribution < -0.4 is 10.5 Å². The Kier molecular flexibility index (Phi) is 17.0. The predicted molar refractivity (Wildman–Crippen MR) is 144 cm³/mol. The molecule has 19 heteroatoms. The van der Waals surface area contributed by atoms with Gasteiger partial charge in [-0.25, -0.2) is 9.59 Å². The Labute approximate surface area is 248 Å². The number of carboxylic acids is 1. The van der Waals surface area contributed by atoms with Crippen LogP contribution in [0.25, 0.3) is 0 Å². The second-order valence-electron chi connectivity index (χ2n) is 8.28. The average molecular weight is 636 g/mol. The number of halogens is 3. The quantitative estimate of drug-likeness (QED) is 0.117. The molecule has 44 heavy (non-hydrogen) atoms. The normalized spacial score (nSPS) is 11.8. The van der Waals surface area contributed by atoms with Gasteiger partial charge < -0.3 is 30.1 Å². The van der Waals surface area contributed by atoms with E-state index in [1.807, 2.05) is 0 Å². The van der Waals surface area contributed by atoms with Crippen LogP contribution in [0.1, 0.15) is 26.7 Å². The number of carbonyl (C=O) groups is 6. The molecule has 0 saturated heterocycles. The maximum Gasteiger partial charge on any atom is 0.513 e. The van der Waals surface area contributed by atoms with Crippen molar-refractivity contribution in [1.82, 2.24) is 14.7 Å². The van der Waals surface area contributed by atoms with Gasteiger partial charge in [0.05, 0.1) is 18.1 Å². The molecule has 0 unspecified atom stereocenters. The second kappa shape index (κ2) is 19.2. The molecule has 244 valence electrons. The van der Waals surface area contributed by atoms with Gasteiger partial charge in [0.15, 0.2) is 0 Å². The average Bonchev–Trinajstić information content (AvgIpc) is 3.30. The molecule has 3 N–H and O–H groups in total. The maximum absolute atomic E-state index is 12.0. The van der Waals surface area contributed by atoms with Gasteiger partial charge in [-0.2, -0.15) is 13.2 Å². The third-order valence-electron chi connectivity index (χ3n) is 5.24. The van der Waals surface area contributed by atoms with Crippen LogP contribution in [0.2, 0.25) is 0 Å². The van der Waals surface area contributed by atoms with E-state index in [9.17, 15) is 47.3 Å². The van der Waals surface area contributed by atoms with E-state index in [-0.39, 0.29) is 54.9 Å². The maximum atomic E-state index is 12.0. The topological polar surface area (TPSA) is 220 Å². The minimum absolute atomic E-state index is 0.0215. The van der Waals surface area contributed by atoms with E-state index in [2.05, 4.69) is 0 Å². The Bertz CT molecular complexity index is 1190. The number of nitrogens with two attached hydrogens (primary N) is 1. The van der Waals surface area contributed by atoms with Gasteiger partial charge in [0.25, 0.3) is 17.5 Å². The third kappa shape index (κ3) is 14.7. The van der Waals surface area contributed by atoms with Gasteiger partial charge in [0.2, 0.25) is 11.8 Å². The molecule has 16 nitrogen and oxygen atoms in total. The van der Waals surface area contributed by atoms with Crippen LogP contribution in [-0.4, -0.2) is 107 Å². The lowest BCUT2D eigenvalue weighted by Crippen LogP contribution is -2.40. The van der Waals surface area contributed by atoms with Gasteiger partial charge >= 0.3 is 18.3 Å². The minimum atomic E-state index is -5.08. The molecular formula is C25H32F3N5O11. The molecule has 0 atom stereocenters. The molecule has 0 saturated carbocycles. The summed E-state index contributed by atoms with van der Waals surface area (Å²) in [6.07, 6.45) is -2.98. The molecule has 1 aromatic rings. The second-order valence-corrected chi connectivity index (χ2v) is 8.28. The lowest BCUT2D eigenvalue weighted by Gasteiger charge is -2.25. The highest BCUT2D eigenvalue weighted by molar-refractivity contribution is 6.12. The SMILES string of the molecule is CCC(=O)N(C)CCN(CCOC(=O)Oc1ccc([N+](=O)[O-])cc1)C(=O)CC.NCN1C(=O)C=CC1=O.O=C(O)C(F)(F)F. The monoisotopic (exact) mass is 635 g/mol. The Morgan fingerprint density at radius 3 is 1.86 bits per heavy atom. The molecule has 1 aliphatic rings. The molecule has 2 rings (SSSR count). The molecule has 0 fully saturated rings. The molecule has 0 bridgehead atoms. The molecule has 4 amide bonds. The first-order chi connectivity index (χ1) is 20.5. The highest BCUT2D eigenvalue weighted by Gasteiger charge is 2.38. The first-order valence-corrected chi connectivity index (χ1v) is 12.6. The third-order valence-corrected chi connectivity index (χ3v) is 5.24. The zero-order valence-corrected chi connectivity index (χ0v) is 23.9. The lowest BCUT2D eigenvalue weighted by molar-refractivity contribution is -0.384. The number of aliphatic carboxylic acids is 1. The minimum Gasteiger partial charge on any atom is -0.475 e. The molecule has 0 radical (unpaired) electrons. The van der Waals surface area contributed by atoms with Crippen LogP contribution in [0.3, 0.4) is 0 Å². The number of ether oxygens (including phenoxy) is 2. The van der Waals surface area contributed by atoms with Crippen molar-refractivity contribution < 1.29 is 61.4 Å². The van der Waals surface area contributed by atoms with Crippen molar-refractivity contribution in [1.29, 1.82) is 0 Å². The van der Waals surface area contributed by atoms with Gasteiger partial charge in [-0.1, -0.05) is 13.8 Å². The number of carbonyl (C=O) groups excluding carboxylic acids is 5. The highest BCUT2D eigenvalue weighted by Crippen LogP contribution is 2.17. The van der Waals surface area contributed by atoms with E-state index in [1.54, 1.807) is 25.8 Å². The summed E-state index contributed by atoms with van der Waals surface area (Å²) in [5, 5.41) is 17.7. The van der Waals surface area contributed by atoms with E-state index in [0.717, 1.165) is 4.90 Å². The molecule has 1 aliphatic heterocycles. The van der Waals surface area contributed by atoms with E-state index >= 15 is 0 Å². The molecular weight excluding hydrogens is 603 g/mol. The summed E-state index contributed by atoms with van der Waals surface area (Å²) in [6.45, 7) is 4.24. The predicted octanol–water partition coefficient (Wildman–Crippen LogP) is 1.68. The Morgan fingerprint density at radius 2 is 1.48 bits per heavy atom. The van der Waals surface area contributed by atoms with E-state index < -0.39 is 23.2 Å². The van der Waals surface area contributed by atoms with E-state index in [4.69, 9.17) is 25.1 Å². The number of likely N-dealkylation sites (N-methyl/N-ethyl adjacent to an activating group) is 1. The van der Waals surface area contributed by atoms with Crippen molar-refractivity contribution in [2.75, 3.05) is 40.0 Å². The van der Waals surface area contributed by atoms with Crippen molar-refractivity contribution >= 4 is 41.4 Å².